The molecule has 0 aliphatic heterocycles. The van der Waals surface area contributed by atoms with E-state index >= 15 is 0 Å². The highest BCUT2D eigenvalue weighted by atomic mass is 19.1. The minimum atomic E-state index is -0.200. The predicted molar refractivity (Wildman–Crippen MR) is 73.3 cm³/mol. The summed E-state index contributed by atoms with van der Waals surface area (Å²) in [5, 5.41) is 12.2. The Morgan fingerprint density at radius 3 is 2.72 bits per heavy atom. The zero-order chi connectivity index (χ0) is 13.5. The normalized spacial score (nSPS) is 11.0. The molecule has 0 atom stereocenters. The number of halogens is 1. The maximum absolute atomic E-state index is 13.8. The number of aliphatic hydroxyl groups is 1. The lowest BCUT2D eigenvalue weighted by molar-refractivity contribution is 0.304. The number of rotatable bonds is 7. The van der Waals surface area contributed by atoms with Crippen molar-refractivity contribution >= 4 is 5.69 Å². The van der Waals surface area contributed by atoms with Crippen molar-refractivity contribution in [2.24, 2.45) is 5.92 Å². The molecule has 0 radical (unpaired) electrons. The van der Waals surface area contributed by atoms with Crippen molar-refractivity contribution in [1.29, 1.82) is 0 Å². The second-order valence-electron chi connectivity index (χ2n) is 4.91. The third-order valence-corrected chi connectivity index (χ3v) is 2.80. The first-order chi connectivity index (χ1) is 8.56. The second-order valence-corrected chi connectivity index (χ2v) is 4.91. The molecule has 0 aromatic heterocycles. The van der Waals surface area contributed by atoms with Crippen LogP contribution in [0.2, 0.25) is 0 Å². The van der Waals surface area contributed by atoms with Crippen LogP contribution in [0.25, 0.3) is 0 Å². The van der Waals surface area contributed by atoms with Crippen molar-refractivity contribution in [3.8, 4) is 0 Å². The first-order valence-corrected chi connectivity index (χ1v) is 6.36. The van der Waals surface area contributed by atoms with E-state index in [4.69, 9.17) is 5.11 Å². The van der Waals surface area contributed by atoms with Crippen LogP contribution in [0.15, 0.2) is 18.2 Å². The molecule has 0 saturated carbocycles. The molecule has 0 amide bonds. The van der Waals surface area contributed by atoms with Crippen LogP contribution in [0.1, 0.15) is 19.4 Å². The zero-order valence-electron chi connectivity index (χ0n) is 11.4. The van der Waals surface area contributed by atoms with E-state index in [1.807, 2.05) is 18.0 Å². The molecule has 3 nitrogen and oxygen atoms in total. The Morgan fingerprint density at radius 1 is 1.39 bits per heavy atom. The van der Waals surface area contributed by atoms with Gasteiger partial charge in [0.05, 0.1) is 6.61 Å². The van der Waals surface area contributed by atoms with Gasteiger partial charge in [0.2, 0.25) is 0 Å². The lowest BCUT2D eigenvalue weighted by Gasteiger charge is -2.22. The molecular formula is C14H23FN2O. The molecule has 0 aliphatic carbocycles. The summed E-state index contributed by atoms with van der Waals surface area (Å²) in [6.45, 7) is 6.17. The Morgan fingerprint density at radius 2 is 2.11 bits per heavy atom. The van der Waals surface area contributed by atoms with E-state index in [-0.39, 0.29) is 12.4 Å². The maximum Gasteiger partial charge on any atom is 0.129 e. The highest BCUT2D eigenvalue weighted by molar-refractivity contribution is 5.53. The molecule has 0 fully saturated rings. The van der Waals surface area contributed by atoms with Crippen molar-refractivity contribution in [2.75, 3.05) is 31.6 Å². The van der Waals surface area contributed by atoms with Crippen LogP contribution >= 0.6 is 0 Å². The highest BCUT2D eigenvalue weighted by Gasteiger charge is 2.11. The summed E-state index contributed by atoms with van der Waals surface area (Å²) >= 11 is 0. The lowest BCUT2D eigenvalue weighted by atomic mass is 10.1. The Kier molecular flexibility index (Phi) is 6.09. The van der Waals surface area contributed by atoms with Gasteiger partial charge < -0.3 is 15.3 Å². The van der Waals surface area contributed by atoms with Gasteiger partial charge in [-0.25, -0.2) is 4.39 Å². The molecule has 0 unspecified atom stereocenters. The first kappa shape index (κ1) is 14.9. The number of anilines is 1. The number of hydrogen-bond donors (Lipinski definition) is 2. The summed E-state index contributed by atoms with van der Waals surface area (Å²) < 4.78 is 13.8. The van der Waals surface area contributed by atoms with Gasteiger partial charge in [0.1, 0.15) is 5.82 Å². The van der Waals surface area contributed by atoms with Crippen molar-refractivity contribution in [3.05, 3.63) is 29.6 Å². The number of hydrogen-bond acceptors (Lipinski definition) is 3. The summed E-state index contributed by atoms with van der Waals surface area (Å²) in [5.74, 6) is 0.337. The molecule has 1 aromatic rings. The molecule has 2 N–H and O–H groups in total. The summed E-state index contributed by atoms with van der Waals surface area (Å²) in [6.07, 6.45) is 0. The standard InChI is InChI=1S/C14H23FN2O/c1-11(2)9-16-10-12-13(15)5-4-6-14(12)17(3)7-8-18/h4-6,11,16,18H,7-10H2,1-3H3. The minimum absolute atomic E-state index is 0.0614. The van der Waals surface area contributed by atoms with E-state index in [9.17, 15) is 4.39 Å². The second kappa shape index (κ2) is 7.34. The number of benzene rings is 1. The Hall–Kier alpha value is -1.13. The Balaban J connectivity index is 2.80. The molecule has 1 rings (SSSR count). The molecule has 0 heterocycles. The van der Waals surface area contributed by atoms with Gasteiger partial charge in [0.15, 0.2) is 0 Å². The summed E-state index contributed by atoms with van der Waals surface area (Å²) in [7, 11) is 1.86. The van der Waals surface area contributed by atoms with E-state index in [0.29, 0.717) is 24.6 Å². The Bertz CT molecular complexity index is 369. The summed E-state index contributed by atoms with van der Waals surface area (Å²) in [6, 6.07) is 5.05. The van der Waals surface area contributed by atoms with E-state index in [0.717, 1.165) is 12.2 Å². The highest BCUT2D eigenvalue weighted by Crippen LogP contribution is 2.22. The lowest BCUT2D eigenvalue weighted by Crippen LogP contribution is -2.25. The topological polar surface area (TPSA) is 35.5 Å². The third-order valence-electron chi connectivity index (χ3n) is 2.80. The van der Waals surface area contributed by atoms with Gasteiger partial charge in [0.25, 0.3) is 0 Å². The first-order valence-electron chi connectivity index (χ1n) is 6.36. The van der Waals surface area contributed by atoms with Crippen LogP contribution in [0, 0.1) is 11.7 Å². The van der Waals surface area contributed by atoms with Gasteiger partial charge in [-0.1, -0.05) is 19.9 Å². The number of nitrogens with zero attached hydrogens (tertiary/aromatic N) is 1. The van der Waals surface area contributed by atoms with Crippen molar-refractivity contribution in [3.63, 3.8) is 0 Å². The van der Waals surface area contributed by atoms with Gasteiger partial charge in [-0.2, -0.15) is 0 Å². The molecule has 1 aromatic carbocycles. The molecule has 4 heteroatoms. The minimum Gasteiger partial charge on any atom is -0.395 e. The SMILES string of the molecule is CC(C)CNCc1c(F)cccc1N(C)CCO. The molecular weight excluding hydrogens is 231 g/mol. The van der Waals surface area contributed by atoms with Crippen molar-refractivity contribution < 1.29 is 9.50 Å². The summed E-state index contributed by atoms with van der Waals surface area (Å²) in [4.78, 5) is 1.87. The van der Waals surface area contributed by atoms with Gasteiger partial charge >= 0.3 is 0 Å². The smallest absolute Gasteiger partial charge is 0.129 e. The fraction of sp³-hybridized carbons (Fsp3) is 0.571. The Labute approximate surface area is 109 Å². The zero-order valence-corrected chi connectivity index (χ0v) is 11.4. The van der Waals surface area contributed by atoms with Crippen molar-refractivity contribution in [2.45, 2.75) is 20.4 Å². The van der Waals surface area contributed by atoms with Crippen LogP contribution in [0.5, 0.6) is 0 Å². The van der Waals surface area contributed by atoms with Crippen molar-refractivity contribution in [1.82, 2.24) is 5.32 Å². The molecule has 0 spiro atoms. The van der Waals surface area contributed by atoms with E-state index < -0.39 is 0 Å². The fourth-order valence-corrected chi connectivity index (χ4v) is 1.84. The number of nitrogens with one attached hydrogen (secondary N) is 1. The van der Waals surface area contributed by atoms with Crippen LogP contribution in [0.3, 0.4) is 0 Å². The van der Waals surface area contributed by atoms with Crippen LogP contribution < -0.4 is 10.2 Å². The maximum atomic E-state index is 13.8. The average Bonchev–Trinajstić information content (AvgIpc) is 2.31. The van der Waals surface area contributed by atoms with Gasteiger partial charge in [-0.15, -0.1) is 0 Å². The van der Waals surface area contributed by atoms with Gasteiger partial charge in [-0.05, 0) is 24.6 Å². The largest absolute Gasteiger partial charge is 0.395 e. The van der Waals surface area contributed by atoms with Gasteiger partial charge in [0, 0.05) is 31.4 Å². The predicted octanol–water partition coefficient (Wildman–Crippen LogP) is 2.00. The van der Waals surface area contributed by atoms with Crippen LogP contribution in [-0.2, 0) is 6.54 Å². The summed E-state index contributed by atoms with van der Waals surface area (Å²) in [5.41, 5.74) is 1.49. The van der Waals surface area contributed by atoms with E-state index in [1.165, 1.54) is 6.07 Å². The quantitative estimate of drug-likeness (QED) is 0.781. The molecule has 102 valence electrons. The molecule has 0 bridgehead atoms. The third kappa shape index (κ3) is 4.27. The van der Waals surface area contributed by atoms with E-state index in [1.54, 1.807) is 6.07 Å². The molecule has 0 aliphatic rings. The molecule has 0 saturated heterocycles. The van der Waals surface area contributed by atoms with E-state index in [2.05, 4.69) is 19.2 Å². The monoisotopic (exact) mass is 254 g/mol. The number of aliphatic hydroxyl groups excluding tert-OH is 1. The molecule has 18 heavy (non-hydrogen) atoms. The number of likely N-dealkylation sites (N-methyl/N-ethyl adjacent to an activating group) is 1. The fourth-order valence-electron chi connectivity index (χ4n) is 1.84. The van der Waals surface area contributed by atoms with Crippen LogP contribution in [-0.4, -0.2) is 31.9 Å². The average molecular weight is 254 g/mol. The van der Waals surface area contributed by atoms with Gasteiger partial charge in [-0.3, -0.25) is 0 Å². The van der Waals surface area contributed by atoms with Crippen LogP contribution in [0.4, 0.5) is 10.1 Å².